The predicted molar refractivity (Wildman–Crippen MR) is 81.0 cm³/mol. The lowest BCUT2D eigenvalue weighted by Gasteiger charge is -2.10. The highest BCUT2D eigenvalue weighted by Crippen LogP contribution is 2.20. The van der Waals surface area contributed by atoms with Crippen molar-refractivity contribution < 1.29 is 9.50 Å². The van der Waals surface area contributed by atoms with Gasteiger partial charge in [-0.1, -0.05) is 28.1 Å². The molecule has 0 saturated carbocycles. The molecule has 2 rings (SSSR count). The number of halogens is 2. The minimum atomic E-state index is -0.406. The molecule has 0 aromatic heterocycles. The standard InChI is InChI=1S/C15H14BrFOS/c16-12-3-1-11(2-4-12)9-14(18)10-19-15-7-5-13(17)6-8-15/h1-8,14,18H,9-10H2. The highest BCUT2D eigenvalue weighted by atomic mass is 79.9. The Bertz CT molecular complexity index is 513. The number of rotatable bonds is 5. The third-order valence-corrected chi connectivity index (χ3v) is 4.33. The summed E-state index contributed by atoms with van der Waals surface area (Å²) in [6, 6.07) is 14.3. The van der Waals surface area contributed by atoms with Gasteiger partial charge in [-0.25, -0.2) is 4.39 Å². The van der Waals surface area contributed by atoms with E-state index in [1.165, 1.54) is 23.9 Å². The molecule has 0 radical (unpaired) electrons. The summed E-state index contributed by atoms with van der Waals surface area (Å²) in [4.78, 5) is 0.969. The fraction of sp³-hybridized carbons (Fsp3) is 0.200. The van der Waals surface area contributed by atoms with Gasteiger partial charge in [0.2, 0.25) is 0 Å². The van der Waals surface area contributed by atoms with Crippen molar-refractivity contribution >= 4 is 27.7 Å². The van der Waals surface area contributed by atoms with E-state index < -0.39 is 6.10 Å². The lowest BCUT2D eigenvalue weighted by atomic mass is 10.1. The molecule has 19 heavy (non-hydrogen) atoms. The fourth-order valence-corrected chi connectivity index (χ4v) is 2.77. The van der Waals surface area contributed by atoms with Crippen molar-refractivity contribution in [3.63, 3.8) is 0 Å². The Kier molecular flexibility index (Phi) is 5.43. The van der Waals surface area contributed by atoms with Gasteiger partial charge in [-0.3, -0.25) is 0 Å². The van der Waals surface area contributed by atoms with Crippen LogP contribution in [0.3, 0.4) is 0 Å². The second kappa shape index (κ2) is 7.08. The average molecular weight is 341 g/mol. The fourth-order valence-electron chi connectivity index (χ4n) is 1.67. The maximum absolute atomic E-state index is 12.7. The number of hydrogen-bond donors (Lipinski definition) is 1. The lowest BCUT2D eigenvalue weighted by molar-refractivity contribution is 0.200. The molecule has 1 N–H and O–H groups in total. The zero-order chi connectivity index (χ0) is 13.7. The molecule has 1 unspecified atom stereocenters. The van der Waals surface area contributed by atoms with Crippen LogP contribution in [-0.2, 0) is 6.42 Å². The molecule has 0 heterocycles. The quantitative estimate of drug-likeness (QED) is 0.819. The lowest BCUT2D eigenvalue weighted by Crippen LogP contribution is -2.13. The molecule has 0 aliphatic heterocycles. The van der Waals surface area contributed by atoms with Crippen molar-refractivity contribution in [2.24, 2.45) is 0 Å². The Morgan fingerprint density at radius 1 is 1.05 bits per heavy atom. The molecule has 0 fully saturated rings. The first-order chi connectivity index (χ1) is 9.13. The zero-order valence-corrected chi connectivity index (χ0v) is 12.6. The molecule has 0 bridgehead atoms. The molecule has 0 amide bonds. The Hall–Kier alpha value is -0.840. The van der Waals surface area contributed by atoms with Gasteiger partial charge in [0, 0.05) is 15.1 Å². The topological polar surface area (TPSA) is 20.2 Å². The molecule has 100 valence electrons. The van der Waals surface area contributed by atoms with E-state index in [1.807, 2.05) is 24.3 Å². The van der Waals surface area contributed by atoms with E-state index in [2.05, 4.69) is 15.9 Å². The molecule has 4 heteroatoms. The largest absolute Gasteiger partial charge is 0.392 e. The Morgan fingerprint density at radius 3 is 2.32 bits per heavy atom. The highest BCUT2D eigenvalue weighted by Gasteiger charge is 2.06. The summed E-state index contributed by atoms with van der Waals surface area (Å²) in [7, 11) is 0. The van der Waals surface area contributed by atoms with Gasteiger partial charge >= 0.3 is 0 Å². The van der Waals surface area contributed by atoms with Gasteiger partial charge < -0.3 is 5.11 Å². The summed E-state index contributed by atoms with van der Waals surface area (Å²) < 4.78 is 13.8. The average Bonchev–Trinajstić information content (AvgIpc) is 2.41. The third kappa shape index (κ3) is 4.97. The van der Waals surface area contributed by atoms with Crippen LogP contribution in [0.15, 0.2) is 57.9 Å². The summed E-state index contributed by atoms with van der Waals surface area (Å²) in [6.45, 7) is 0. The molecule has 0 aliphatic rings. The van der Waals surface area contributed by atoms with Crippen LogP contribution < -0.4 is 0 Å². The Labute approximate surface area is 125 Å². The van der Waals surface area contributed by atoms with E-state index in [4.69, 9.17) is 0 Å². The molecule has 2 aromatic rings. The third-order valence-electron chi connectivity index (χ3n) is 2.64. The number of thioether (sulfide) groups is 1. The maximum Gasteiger partial charge on any atom is 0.123 e. The molecule has 0 saturated heterocycles. The summed E-state index contributed by atoms with van der Waals surface area (Å²) in [5.41, 5.74) is 1.11. The summed E-state index contributed by atoms with van der Waals surface area (Å²) in [5.74, 6) is 0.363. The summed E-state index contributed by atoms with van der Waals surface area (Å²) in [5, 5.41) is 9.98. The first-order valence-corrected chi connectivity index (χ1v) is 7.72. The number of hydrogen-bond acceptors (Lipinski definition) is 2. The molecule has 1 nitrogen and oxygen atoms in total. The number of benzene rings is 2. The van der Waals surface area contributed by atoms with Gasteiger partial charge in [0.15, 0.2) is 0 Å². The van der Waals surface area contributed by atoms with Gasteiger partial charge in [0.05, 0.1) is 6.10 Å². The van der Waals surface area contributed by atoms with Gasteiger partial charge in [-0.15, -0.1) is 11.8 Å². The monoisotopic (exact) mass is 340 g/mol. The highest BCUT2D eigenvalue weighted by molar-refractivity contribution is 9.10. The molecular weight excluding hydrogens is 327 g/mol. The van der Waals surface area contributed by atoms with Gasteiger partial charge in [-0.2, -0.15) is 0 Å². The minimum absolute atomic E-state index is 0.236. The van der Waals surface area contributed by atoms with Crippen LogP contribution in [-0.4, -0.2) is 17.0 Å². The van der Waals surface area contributed by atoms with Gasteiger partial charge in [0.25, 0.3) is 0 Å². The number of aliphatic hydroxyl groups excluding tert-OH is 1. The second-order valence-electron chi connectivity index (χ2n) is 4.25. The zero-order valence-electron chi connectivity index (χ0n) is 10.2. The van der Waals surface area contributed by atoms with Crippen LogP contribution >= 0.6 is 27.7 Å². The predicted octanol–water partition coefficient (Wildman–Crippen LogP) is 4.28. The van der Waals surface area contributed by atoms with E-state index in [9.17, 15) is 9.50 Å². The summed E-state index contributed by atoms with van der Waals surface area (Å²) >= 11 is 4.92. The van der Waals surface area contributed by atoms with E-state index in [0.29, 0.717) is 12.2 Å². The van der Waals surface area contributed by atoms with Crippen molar-refractivity contribution in [1.29, 1.82) is 0 Å². The van der Waals surface area contributed by atoms with Gasteiger partial charge in [0.1, 0.15) is 5.82 Å². The van der Waals surface area contributed by atoms with Crippen molar-refractivity contribution in [1.82, 2.24) is 0 Å². The van der Waals surface area contributed by atoms with Crippen LogP contribution in [0.4, 0.5) is 4.39 Å². The molecule has 2 aromatic carbocycles. The van der Waals surface area contributed by atoms with E-state index in [1.54, 1.807) is 12.1 Å². The summed E-state index contributed by atoms with van der Waals surface area (Å²) in [6.07, 6.45) is 0.220. The molecule has 0 spiro atoms. The van der Waals surface area contributed by atoms with Crippen molar-refractivity contribution in [3.05, 3.63) is 64.4 Å². The van der Waals surface area contributed by atoms with Crippen molar-refractivity contribution in [2.75, 3.05) is 5.75 Å². The molecule has 0 aliphatic carbocycles. The van der Waals surface area contributed by atoms with Crippen LogP contribution in [0.1, 0.15) is 5.56 Å². The van der Waals surface area contributed by atoms with Crippen LogP contribution in [0, 0.1) is 5.82 Å². The van der Waals surface area contributed by atoms with Crippen LogP contribution in [0.2, 0.25) is 0 Å². The Morgan fingerprint density at radius 2 is 1.68 bits per heavy atom. The normalized spacial score (nSPS) is 12.4. The smallest absolute Gasteiger partial charge is 0.123 e. The van der Waals surface area contributed by atoms with Gasteiger partial charge in [-0.05, 0) is 48.4 Å². The van der Waals surface area contributed by atoms with E-state index >= 15 is 0 Å². The van der Waals surface area contributed by atoms with Crippen molar-refractivity contribution in [3.8, 4) is 0 Å². The van der Waals surface area contributed by atoms with Crippen molar-refractivity contribution in [2.45, 2.75) is 17.4 Å². The maximum atomic E-state index is 12.7. The Balaban J connectivity index is 1.82. The van der Waals surface area contributed by atoms with E-state index in [0.717, 1.165) is 14.9 Å². The minimum Gasteiger partial charge on any atom is -0.392 e. The first-order valence-electron chi connectivity index (χ1n) is 5.94. The second-order valence-corrected chi connectivity index (χ2v) is 6.26. The van der Waals surface area contributed by atoms with Crippen LogP contribution in [0.5, 0.6) is 0 Å². The number of aliphatic hydroxyl groups is 1. The molecular formula is C15H14BrFOS. The first kappa shape index (κ1) is 14.6. The SMILES string of the molecule is OC(CSc1ccc(F)cc1)Cc1ccc(Br)cc1. The van der Waals surface area contributed by atoms with Crippen LogP contribution in [0.25, 0.3) is 0 Å². The molecule has 1 atom stereocenters. The van der Waals surface area contributed by atoms with E-state index in [-0.39, 0.29) is 5.82 Å².